The number of halogens is 3. The molecule has 14 heteroatoms. The van der Waals surface area contributed by atoms with Gasteiger partial charge in [0.1, 0.15) is 10.5 Å². The minimum Gasteiger partial charge on any atom is -0.353 e. The van der Waals surface area contributed by atoms with Crippen molar-refractivity contribution in [1.82, 2.24) is 20.0 Å². The zero-order chi connectivity index (χ0) is 33.0. The number of piperazine rings is 1. The van der Waals surface area contributed by atoms with E-state index in [0.717, 1.165) is 28.3 Å². The van der Waals surface area contributed by atoms with E-state index in [4.69, 9.17) is 0 Å². The first-order valence-electron chi connectivity index (χ1n) is 14.3. The van der Waals surface area contributed by atoms with Gasteiger partial charge in [0.05, 0.1) is 23.4 Å². The Bertz CT molecular complexity index is 1390. The summed E-state index contributed by atoms with van der Waals surface area (Å²) in [6.07, 6.45) is -4.41. The maximum absolute atomic E-state index is 14.1. The number of hydrogen-bond acceptors (Lipinski definition) is 6. The van der Waals surface area contributed by atoms with Crippen molar-refractivity contribution >= 4 is 45.8 Å². The molecule has 1 aliphatic rings. The predicted molar refractivity (Wildman–Crippen MR) is 165 cm³/mol. The van der Waals surface area contributed by atoms with E-state index in [9.17, 15) is 32.3 Å². The van der Waals surface area contributed by atoms with Crippen LogP contribution in [0.15, 0.2) is 30.3 Å². The number of likely N-dealkylation sites (N-methyl/N-ethyl adjacent to an activating group) is 1. The van der Waals surface area contributed by atoms with Crippen LogP contribution in [0.4, 0.5) is 28.7 Å². The second-order valence-electron chi connectivity index (χ2n) is 12.2. The number of hydrogen-bond donors (Lipinski definition) is 3. The van der Waals surface area contributed by atoms with Crippen molar-refractivity contribution in [2.75, 3.05) is 57.5 Å². The zero-order valence-corrected chi connectivity index (χ0v) is 27.0. The number of thiophene rings is 1. The highest BCUT2D eigenvalue weighted by molar-refractivity contribution is 7.16. The van der Waals surface area contributed by atoms with Gasteiger partial charge in [0.15, 0.2) is 0 Å². The number of amides is 5. The lowest BCUT2D eigenvalue weighted by molar-refractivity contribution is -0.150. The lowest BCUT2D eigenvalue weighted by atomic mass is 9.90. The van der Waals surface area contributed by atoms with Gasteiger partial charge in [0.2, 0.25) is 11.8 Å². The van der Waals surface area contributed by atoms with Crippen LogP contribution in [0.5, 0.6) is 0 Å². The minimum absolute atomic E-state index is 0.126. The molecule has 1 aliphatic heterocycles. The van der Waals surface area contributed by atoms with Gasteiger partial charge >= 0.3 is 12.2 Å². The number of nitrogens with one attached hydrogen (secondary N) is 3. The molecule has 1 aromatic carbocycles. The summed E-state index contributed by atoms with van der Waals surface area (Å²) in [7, 11) is 3.77. The summed E-state index contributed by atoms with van der Waals surface area (Å²) in [4.78, 5) is 58.8. The summed E-state index contributed by atoms with van der Waals surface area (Å²) in [5.74, 6) is -1.17. The average molecular weight is 639 g/mol. The normalized spacial score (nSPS) is 17.6. The fourth-order valence-corrected chi connectivity index (χ4v) is 5.85. The molecule has 1 aromatic heterocycles. The topological polar surface area (TPSA) is 114 Å². The van der Waals surface area contributed by atoms with Crippen LogP contribution >= 0.6 is 11.3 Å². The molecule has 1 fully saturated rings. The van der Waals surface area contributed by atoms with E-state index in [0.29, 0.717) is 13.1 Å². The first-order chi connectivity index (χ1) is 20.4. The quantitative estimate of drug-likeness (QED) is 0.364. The van der Waals surface area contributed by atoms with Crippen molar-refractivity contribution in [3.05, 3.63) is 46.3 Å². The molecule has 0 spiro atoms. The molecule has 242 valence electrons. The summed E-state index contributed by atoms with van der Waals surface area (Å²) in [5.41, 5.74) is -2.99. The molecular weight excluding hydrogens is 597 g/mol. The molecular formula is C30H41F3N6O4S. The molecule has 1 saturated heterocycles. The van der Waals surface area contributed by atoms with E-state index in [-0.39, 0.29) is 48.4 Å². The summed E-state index contributed by atoms with van der Waals surface area (Å²) < 4.78 is 40.4. The molecule has 3 N–H and O–H groups in total. The molecule has 2 heterocycles. The van der Waals surface area contributed by atoms with Gasteiger partial charge in [-0.15, -0.1) is 11.3 Å². The number of anilines is 2. The Morgan fingerprint density at radius 3 is 2.32 bits per heavy atom. The molecule has 1 unspecified atom stereocenters. The third-order valence-corrected chi connectivity index (χ3v) is 8.97. The lowest BCUT2D eigenvalue weighted by Crippen LogP contribution is -2.66. The molecule has 3 rings (SSSR count). The van der Waals surface area contributed by atoms with Gasteiger partial charge in [-0.3, -0.25) is 19.7 Å². The van der Waals surface area contributed by atoms with E-state index in [1.807, 2.05) is 39.8 Å². The molecule has 5 amide bonds. The van der Waals surface area contributed by atoms with Crippen LogP contribution in [-0.4, -0.2) is 90.8 Å². The number of benzene rings is 1. The molecule has 44 heavy (non-hydrogen) atoms. The van der Waals surface area contributed by atoms with Gasteiger partial charge in [0.25, 0.3) is 5.91 Å². The van der Waals surface area contributed by atoms with Crippen molar-refractivity contribution in [2.24, 2.45) is 0 Å². The van der Waals surface area contributed by atoms with Gasteiger partial charge in [-0.2, -0.15) is 13.2 Å². The van der Waals surface area contributed by atoms with Crippen molar-refractivity contribution in [1.29, 1.82) is 0 Å². The highest BCUT2D eigenvalue weighted by atomic mass is 32.1. The standard InChI is InChI=1S/C30H41F3N6O4S/c1-8-29(5)26(42)38(18-23(40)34-13-14-37(6)7)15-16-39(29)25(41)19-17-22(28(2,3)4)44-24(19)36-27(43)35-21-12-10-9-11-20(21)30(31,32)33/h9-12,17H,8,13-16,18H2,1-7H3,(H,34,40)(H2,35,36,43). The number of nitrogens with zero attached hydrogens (tertiary/aromatic N) is 3. The number of carbonyl (C=O) groups excluding carboxylic acids is 4. The maximum Gasteiger partial charge on any atom is 0.418 e. The van der Waals surface area contributed by atoms with E-state index in [2.05, 4.69) is 16.0 Å². The van der Waals surface area contributed by atoms with Crippen LogP contribution in [-0.2, 0) is 21.2 Å². The molecule has 1 atom stereocenters. The third kappa shape index (κ3) is 8.08. The van der Waals surface area contributed by atoms with Crippen LogP contribution in [0.3, 0.4) is 0 Å². The Kier molecular flexibility index (Phi) is 10.7. The number of rotatable bonds is 9. The summed E-state index contributed by atoms with van der Waals surface area (Å²) in [6.45, 7) is 10.4. The van der Waals surface area contributed by atoms with E-state index < -0.39 is 40.3 Å². The molecule has 0 radical (unpaired) electrons. The van der Waals surface area contributed by atoms with Gasteiger partial charge in [-0.25, -0.2) is 4.79 Å². The second-order valence-corrected chi connectivity index (χ2v) is 13.2. The highest BCUT2D eigenvalue weighted by Crippen LogP contribution is 2.39. The first kappa shape index (κ1) is 34.8. The van der Waals surface area contributed by atoms with Crippen LogP contribution in [0.25, 0.3) is 0 Å². The number of alkyl halides is 3. The fourth-order valence-electron chi connectivity index (χ4n) is 4.75. The maximum atomic E-state index is 14.1. The van der Waals surface area contributed by atoms with Crippen LogP contribution < -0.4 is 16.0 Å². The monoisotopic (exact) mass is 638 g/mol. The molecule has 0 saturated carbocycles. The van der Waals surface area contributed by atoms with Crippen molar-refractivity contribution in [2.45, 2.75) is 58.2 Å². The average Bonchev–Trinajstić information content (AvgIpc) is 3.35. The second kappa shape index (κ2) is 13.6. The number of para-hydroxylation sites is 1. The smallest absolute Gasteiger partial charge is 0.353 e. The Morgan fingerprint density at radius 1 is 1.07 bits per heavy atom. The Balaban J connectivity index is 1.86. The minimum atomic E-state index is -4.68. The van der Waals surface area contributed by atoms with Gasteiger partial charge in [-0.1, -0.05) is 39.8 Å². The number of carbonyl (C=O) groups is 4. The van der Waals surface area contributed by atoms with Gasteiger partial charge in [-0.05, 0) is 51.1 Å². The first-order valence-corrected chi connectivity index (χ1v) is 15.1. The SMILES string of the molecule is CCC1(C)C(=O)N(CC(=O)NCCN(C)C)CCN1C(=O)c1cc(C(C)(C)C)sc1NC(=O)Nc1ccccc1C(F)(F)F. The van der Waals surface area contributed by atoms with Crippen LogP contribution in [0.1, 0.15) is 61.8 Å². The molecule has 0 bridgehead atoms. The molecule has 0 aliphatic carbocycles. The number of urea groups is 1. The highest BCUT2D eigenvalue weighted by Gasteiger charge is 2.47. The van der Waals surface area contributed by atoms with Gasteiger partial charge < -0.3 is 25.3 Å². The van der Waals surface area contributed by atoms with E-state index in [1.54, 1.807) is 19.9 Å². The zero-order valence-electron chi connectivity index (χ0n) is 26.1. The molecule has 2 aromatic rings. The van der Waals surface area contributed by atoms with Gasteiger partial charge in [0, 0.05) is 31.1 Å². The lowest BCUT2D eigenvalue weighted by Gasteiger charge is -2.47. The largest absolute Gasteiger partial charge is 0.418 e. The fraction of sp³-hybridized carbons (Fsp3) is 0.533. The van der Waals surface area contributed by atoms with E-state index in [1.165, 1.54) is 21.9 Å². The summed E-state index contributed by atoms with van der Waals surface area (Å²) >= 11 is 1.14. The summed E-state index contributed by atoms with van der Waals surface area (Å²) in [5, 5.41) is 7.76. The Labute approximate surface area is 259 Å². The van der Waals surface area contributed by atoms with Crippen LogP contribution in [0.2, 0.25) is 0 Å². The van der Waals surface area contributed by atoms with Crippen molar-refractivity contribution in [3.8, 4) is 0 Å². The third-order valence-electron chi connectivity index (χ3n) is 7.50. The molecule has 10 nitrogen and oxygen atoms in total. The Morgan fingerprint density at radius 2 is 1.73 bits per heavy atom. The van der Waals surface area contributed by atoms with E-state index >= 15 is 0 Å². The van der Waals surface area contributed by atoms with Crippen molar-refractivity contribution in [3.63, 3.8) is 0 Å². The van der Waals surface area contributed by atoms with Crippen LogP contribution in [0, 0.1) is 0 Å². The van der Waals surface area contributed by atoms with Crippen molar-refractivity contribution < 1.29 is 32.3 Å². The summed E-state index contributed by atoms with van der Waals surface area (Å²) in [6, 6.07) is 5.31. The Hall–Kier alpha value is -3.65. The predicted octanol–water partition coefficient (Wildman–Crippen LogP) is 4.84.